The van der Waals surface area contributed by atoms with Crippen molar-refractivity contribution in [2.75, 3.05) is 6.61 Å². The average molecular weight is 404 g/mol. The average Bonchev–Trinajstić information content (AvgIpc) is 3.40. The minimum atomic E-state index is -0.358. The van der Waals surface area contributed by atoms with E-state index in [-0.39, 0.29) is 11.8 Å². The molecule has 29 heavy (non-hydrogen) atoms. The number of Topliss-reactive ketones (excluding diaryl/α,β-unsaturated/α-hetero) is 1. The second-order valence-corrected chi connectivity index (χ2v) is 7.60. The first kappa shape index (κ1) is 19.1. The molecule has 0 radical (unpaired) electrons. The van der Waals surface area contributed by atoms with E-state index in [0.29, 0.717) is 25.1 Å². The van der Waals surface area contributed by atoms with Crippen LogP contribution < -0.4 is 0 Å². The van der Waals surface area contributed by atoms with Crippen molar-refractivity contribution in [1.29, 1.82) is 0 Å². The summed E-state index contributed by atoms with van der Waals surface area (Å²) in [4.78, 5) is 32.3. The summed E-state index contributed by atoms with van der Waals surface area (Å²) >= 11 is 1.47. The zero-order valence-electron chi connectivity index (χ0n) is 16.0. The number of benzene rings is 1. The van der Waals surface area contributed by atoms with Crippen molar-refractivity contribution < 1.29 is 14.3 Å². The Hall–Kier alpha value is -3.25. The van der Waals surface area contributed by atoms with E-state index in [0.717, 1.165) is 32.5 Å². The third kappa shape index (κ3) is 4.27. The Morgan fingerprint density at radius 1 is 1.07 bits per heavy atom. The van der Waals surface area contributed by atoms with Crippen LogP contribution in [0.3, 0.4) is 0 Å². The Balaban J connectivity index is 1.50. The Morgan fingerprint density at radius 3 is 2.69 bits per heavy atom. The number of pyridine rings is 1. The molecule has 6 heteroatoms. The van der Waals surface area contributed by atoms with E-state index in [2.05, 4.69) is 9.97 Å². The number of fused-ring (bicyclic) bond motifs is 1. The fraction of sp³-hybridized carbons (Fsp3) is 0.174. The number of aromatic nitrogens is 2. The van der Waals surface area contributed by atoms with Crippen molar-refractivity contribution in [3.05, 3.63) is 76.4 Å². The molecule has 3 heterocycles. The maximum absolute atomic E-state index is 12.6. The summed E-state index contributed by atoms with van der Waals surface area (Å²) in [7, 11) is 0. The summed E-state index contributed by atoms with van der Waals surface area (Å²) in [5.74, 6) is -0.215. The monoisotopic (exact) mass is 404 g/mol. The molecule has 0 unspecified atom stereocenters. The van der Waals surface area contributed by atoms with Gasteiger partial charge in [0.15, 0.2) is 5.78 Å². The molecule has 0 spiro atoms. The van der Waals surface area contributed by atoms with Gasteiger partial charge in [-0.1, -0.05) is 6.07 Å². The molecule has 1 N–H and O–H groups in total. The zero-order chi connectivity index (χ0) is 20.2. The molecular formula is C23H20N2O3S. The number of H-pyrrole nitrogens is 1. The van der Waals surface area contributed by atoms with Gasteiger partial charge in [-0.05, 0) is 71.8 Å². The number of hydrogen-bond donors (Lipinski definition) is 1. The summed E-state index contributed by atoms with van der Waals surface area (Å²) < 4.78 is 5.05. The number of ketones is 1. The smallest absolute Gasteiger partial charge is 0.354 e. The molecule has 0 aliphatic rings. The number of aryl methyl sites for hydroxylation is 1. The highest BCUT2D eigenvalue weighted by atomic mass is 32.1. The minimum absolute atomic E-state index is 0.144. The highest BCUT2D eigenvalue weighted by Crippen LogP contribution is 2.29. The van der Waals surface area contributed by atoms with Gasteiger partial charge >= 0.3 is 5.97 Å². The summed E-state index contributed by atoms with van der Waals surface area (Å²) in [6.45, 7) is 2.12. The Labute approximate surface area is 172 Å². The first-order valence-electron chi connectivity index (χ1n) is 9.45. The van der Waals surface area contributed by atoms with Gasteiger partial charge in [0.1, 0.15) is 5.69 Å². The van der Waals surface area contributed by atoms with Crippen molar-refractivity contribution in [3.63, 3.8) is 0 Å². The van der Waals surface area contributed by atoms with Gasteiger partial charge in [0, 0.05) is 29.7 Å². The number of aromatic amines is 1. The number of nitrogens with one attached hydrogen (secondary N) is 1. The van der Waals surface area contributed by atoms with Gasteiger partial charge in [-0.3, -0.25) is 9.78 Å². The van der Waals surface area contributed by atoms with E-state index in [1.807, 2.05) is 41.8 Å². The molecule has 4 rings (SSSR count). The SMILES string of the molecule is CCOC(=O)c1cc2cc(-c3csc(C(=O)CCc4ccncc4)c3)ccc2[nH]1. The lowest BCUT2D eigenvalue weighted by atomic mass is 10.0. The largest absolute Gasteiger partial charge is 0.461 e. The van der Waals surface area contributed by atoms with Crippen LogP contribution in [0, 0.1) is 0 Å². The van der Waals surface area contributed by atoms with Crippen LogP contribution in [0.25, 0.3) is 22.0 Å². The number of thiophene rings is 1. The van der Waals surface area contributed by atoms with E-state index >= 15 is 0 Å². The zero-order valence-corrected chi connectivity index (χ0v) is 16.8. The number of carbonyl (C=O) groups is 2. The minimum Gasteiger partial charge on any atom is -0.461 e. The normalized spacial score (nSPS) is 10.9. The van der Waals surface area contributed by atoms with E-state index in [1.165, 1.54) is 11.3 Å². The molecule has 4 aromatic rings. The van der Waals surface area contributed by atoms with Crippen LogP contribution in [0.15, 0.2) is 60.2 Å². The molecule has 146 valence electrons. The van der Waals surface area contributed by atoms with E-state index in [4.69, 9.17) is 4.74 Å². The number of nitrogens with zero attached hydrogens (tertiary/aromatic N) is 1. The molecule has 0 atom stereocenters. The lowest BCUT2D eigenvalue weighted by molar-refractivity contribution is 0.0520. The van der Waals surface area contributed by atoms with Crippen LogP contribution in [-0.4, -0.2) is 28.3 Å². The molecule has 0 aliphatic carbocycles. The Morgan fingerprint density at radius 2 is 1.90 bits per heavy atom. The second kappa shape index (κ2) is 8.41. The first-order chi connectivity index (χ1) is 14.1. The third-order valence-corrected chi connectivity index (χ3v) is 5.69. The fourth-order valence-electron chi connectivity index (χ4n) is 3.20. The highest BCUT2D eigenvalue weighted by Gasteiger charge is 2.13. The van der Waals surface area contributed by atoms with Crippen LogP contribution >= 0.6 is 11.3 Å². The molecule has 0 amide bonds. The molecule has 1 aromatic carbocycles. The lowest BCUT2D eigenvalue weighted by Gasteiger charge is -2.00. The summed E-state index contributed by atoms with van der Waals surface area (Å²) in [5.41, 5.74) is 4.44. The predicted octanol–water partition coefficient (Wildman–Crippen LogP) is 5.28. The molecular weight excluding hydrogens is 384 g/mol. The summed E-state index contributed by atoms with van der Waals surface area (Å²) in [5, 5.41) is 2.93. The maximum atomic E-state index is 12.6. The molecule has 0 saturated carbocycles. The van der Waals surface area contributed by atoms with Crippen LogP contribution in [-0.2, 0) is 11.2 Å². The van der Waals surface area contributed by atoms with E-state index in [9.17, 15) is 9.59 Å². The second-order valence-electron chi connectivity index (χ2n) is 6.68. The van der Waals surface area contributed by atoms with Crippen molar-refractivity contribution in [2.45, 2.75) is 19.8 Å². The van der Waals surface area contributed by atoms with E-state index < -0.39 is 0 Å². The number of carbonyl (C=O) groups excluding carboxylic acids is 2. The van der Waals surface area contributed by atoms with Crippen molar-refractivity contribution in [1.82, 2.24) is 9.97 Å². The van der Waals surface area contributed by atoms with E-state index in [1.54, 1.807) is 25.4 Å². The summed E-state index contributed by atoms with van der Waals surface area (Å²) in [6, 6.07) is 13.6. The number of hydrogen-bond acceptors (Lipinski definition) is 5. The van der Waals surface area contributed by atoms with Gasteiger partial charge in [0.2, 0.25) is 0 Å². The number of ether oxygens (including phenoxy) is 1. The molecule has 0 bridgehead atoms. The molecule has 0 fully saturated rings. The first-order valence-corrected chi connectivity index (χ1v) is 10.3. The van der Waals surface area contributed by atoms with Crippen molar-refractivity contribution in [3.8, 4) is 11.1 Å². The van der Waals surface area contributed by atoms with Gasteiger partial charge in [-0.2, -0.15) is 0 Å². The fourth-order valence-corrected chi connectivity index (χ4v) is 4.08. The lowest BCUT2D eigenvalue weighted by Crippen LogP contribution is -2.04. The van der Waals surface area contributed by atoms with Gasteiger partial charge in [-0.25, -0.2) is 4.79 Å². The Bertz CT molecular complexity index is 1160. The number of esters is 1. The molecule has 5 nitrogen and oxygen atoms in total. The van der Waals surface area contributed by atoms with Gasteiger partial charge in [0.25, 0.3) is 0 Å². The quantitative estimate of drug-likeness (QED) is 0.336. The Kier molecular flexibility index (Phi) is 5.53. The van der Waals surface area contributed by atoms with Crippen LogP contribution in [0.1, 0.15) is 39.1 Å². The van der Waals surface area contributed by atoms with Crippen molar-refractivity contribution in [2.24, 2.45) is 0 Å². The topological polar surface area (TPSA) is 72.1 Å². The van der Waals surface area contributed by atoms with Crippen molar-refractivity contribution >= 4 is 34.0 Å². The summed E-state index contributed by atoms with van der Waals surface area (Å²) in [6.07, 6.45) is 4.67. The standard InChI is InChI=1S/C23H20N2O3S/c1-2-28-23(27)20-12-17-11-16(4-5-19(17)25-20)18-13-22(29-14-18)21(26)6-3-15-7-9-24-10-8-15/h4-5,7-14,25H,2-3,6H2,1H3. The van der Waals surface area contributed by atoms with Gasteiger partial charge < -0.3 is 9.72 Å². The van der Waals surface area contributed by atoms with Crippen LogP contribution in [0.2, 0.25) is 0 Å². The maximum Gasteiger partial charge on any atom is 0.354 e. The van der Waals surface area contributed by atoms with Gasteiger partial charge in [-0.15, -0.1) is 11.3 Å². The van der Waals surface area contributed by atoms with Crippen LogP contribution in [0.5, 0.6) is 0 Å². The molecule has 0 saturated heterocycles. The van der Waals surface area contributed by atoms with Gasteiger partial charge in [0.05, 0.1) is 11.5 Å². The molecule has 3 aromatic heterocycles. The van der Waals surface area contributed by atoms with Crippen LogP contribution in [0.4, 0.5) is 0 Å². The predicted molar refractivity (Wildman–Crippen MR) is 114 cm³/mol. The highest BCUT2D eigenvalue weighted by molar-refractivity contribution is 7.12. The third-order valence-electron chi connectivity index (χ3n) is 4.71. The number of rotatable bonds is 7. The molecule has 0 aliphatic heterocycles.